The maximum absolute atomic E-state index is 8.96. The maximum atomic E-state index is 8.96. The van der Waals surface area contributed by atoms with Gasteiger partial charge in [-0.3, -0.25) is 0 Å². The van der Waals surface area contributed by atoms with E-state index in [0.29, 0.717) is 6.54 Å². The third-order valence-electron chi connectivity index (χ3n) is 1.85. The molecule has 0 aromatic heterocycles. The summed E-state index contributed by atoms with van der Waals surface area (Å²) in [4.78, 5) is 0. The molecule has 1 atom stereocenters. The van der Waals surface area contributed by atoms with Gasteiger partial charge in [0, 0.05) is 16.9 Å². The van der Waals surface area contributed by atoms with E-state index in [1.54, 1.807) is 0 Å². The summed E-state index contributed by atoms with van der Waals surface area (Å²) < 4.78 is 1.04. The lowest BCUT2D eigenvalue weighted by atomic mass is 10.0. The number of nitrogens with two attached hydrogens (primary N) is 1. The average molecular weight is 230 g/mol. The molecular weight excluding hydrogens is 218 g/mol. The number of hydrogen-bond acceptors (Lipinski definition) is 2. The third kappa shape index (κ3) is 2.30. The molecule has 0 aliphatic heterocycles. The van der Waals surface area contributed by atoms with Crippen molar-refractivity contribution in [1.82, 2.24) is 0 Å². The molecule has 1 aromatic rings. The van der Waals surface area contributed by atoms with Crippen molar-refractivity contribution in [2.45, 2.75) is 5.92 Å². The first-order valence-corrected chi connectivity index (χ1v) is 4.63. The Labute approximate surface area is 80.5 Å². The van der Waals surface area contributed by atoms with Gasteiger partial charge in [-0.1, -0.05) is 28.1 Å². The van der Waals surface area contributed by atoms with Crippen LogP contribution in [0.25, 0.3) is 0 Å². The molecule has 0 heterocycles. The summed E-state index contributed by atoms with van der Waals surface area (Å²) in [5.74, 6) is 0.0677. The number of aliphatic hydroxyl groups excluding tert-OH is 1. The van der Waals surface area contributed by atoms with Gasteiger partial charge in [0.2, 0.25) is 0 Å². The van der Waals surface area contributed by atoms with Crippen molar-refractivity contribution in [3.05, 3.63) is 34.3 Å². The van der Waals surface area contributed by atoms with Crippen LogP contribution < -0.4 is 5.73 Å². The Bertz CT molecular complexity index is 231. The molecule has 0 saturated heterocycles. The largest absolute Gasteiger partial charge is 0.396 e. The Morgan fingerprint density at radius 1 is 1.33 bits per heavy atom. The Hall–Kier alpha value is -0.380. The van der Waals surface area contributed by atoms with Gasteiger partial charge in [-0.25, -0.2) is 0 Å². The Morgan fingerprint density at radius 2 is 1.92 bits per heavy atom. The second kappa shape index (κ2) is 4.60. The zero-order chi connectivity index (χ0) is 8.97. The van der Waals surface area contributed by atoms with E-state index in [1.165, 1.54) is 0 Å². The number of benzene rings is 1. The van der Waals surface area contributed by atoms with Crippen molar-refractivity contribution in [3.8, 4) is 0 Å². The topological polar surface area (TPSA) is 46.2 Å². The van der Waals surface area contributed by atoms with Crippen LogP contribution in [0.5, 0.6) is 0 Å². The van der Waals surface area contributed by atoms with E-state index >= 15 is 0 Å². The summed E-state index contributed by atoms with van der Waals surface area (Å²) in [5, 5.41) is 8.96. The predicted molar refractivity (Wildman–Crippen MR) is 53.0 cm³/mol. The minimum atomic E-state index is 0.0677. The predicted octanol–water partition coefficient (Wildman–Crippen LogP) is 1.48. The second-order valence-corrected chi connectivity index (χ2v) is 3.58. The minimum Gasteiger partial charge on any atom is -0.396 e. The molecular formula is C9H12BrNO. The molecule has 0 saturated carbocycles. The van der Waals surface area contributed by atoms with Gasteiger partial charge in [0.1, 0.15) is 0 Å². The lowest BCUT2D eigenvalue weighted by Gasteiger charge is -2.11. The molecule has 0 aliphatic rings. The molecule has 1 rings (SSSR count). The van der Waals surface area contributed by atoms with E-state index in [0.717, 1.165) is 10.0 Å². The van der Waals surface area contributed by atoms with E-state index < -0.39 is 0 Å². The maximum Gasteiger partial charge on any atom is 0.0511 e. The van der Waals surface area contributed by atoms with Crippen LogP contribution >= 0.6 is 15.9 Å². The zero-order valence-electron chi connectivity index (χ0n) is 6.70. The third-order valence-corrected chi connectivity index (χ3v) is 2.37. The van der Waals surface area contributed by atoms with Gasteiger partial charge < -0.3 is 10.8 Å². The lowest BCUT2D eigenvalue weighted by Crippen LogP contribution is -2.15. The highest BCUT2D eigenvalue weighted by Crippen LogP contribution is 2.17. The summed E-state index contributed by atoms with van der Waals surface area (Å²) in [6.07, 6.45) is 0. The fourth-order valence-corrected chi connectivity index (χ4v) is 1.32. The van der Waals surface area contributed by atoms with Crippen LogP contribution in [0.1, 0.15) is 11.5 Å². The number of halogens is 1. The van der Waals surface area contributed by atoms with Gasteiger partial charge in [0.15, 0.2) is 0 Å². The molecule has 3 heteroatoms. The smallest absolute Gasteiger partial charge is 0.0511 e. The van der Waals surface area contributed by atoms with Crippen LogP contribution in [0, 0.1) is 0 Å². The molecule has 0 amide bonds. The van der Waals surface area contributed by atoms with Crippen molar-refractivity contribution in [3.63, 3.8) is 0 Å². The SMILES string of the molecule is NC[C@H](CO)c1ccc(Br)cc1. The molecule has 1 aromatic carbocycles. The molecule has 3 N–H and O–H groups in total. The zero-order valence-corrected chi connectivity index (χ0v) is 8.29. The molecule has 2 nitrogen and oxygen atoms in total. The quantitative estimate of drug-likeness (QED) is 0.826. The molecule has 0 spiro atoms. The van der Waals surface area contributed by atoms with Crippen LogP contribution in [-0.2, 0) is 0 Å². The first-order valence-electron chi connectivity index (χ1n) is 3.84. The number of hydrogen-bond donors (Lipinski definition) is 2. The minimum absolute atomic E-state index is 0.0677. The highest BCUT2D eigenvalue weighted by molar-refractivity contribution is 9.10. The summed E-state index contributed by atoms with van der Waals surface area (Å²) in [6, 6.07) is 7.84. The number of aliphatic hydroxyl groups is 1. The molecule has 0 fully saturated rings. The summed E-state index contributed by atoms with van der Waals surface area (Å²) in [6.45, 7) is 0.594. The van der Waals surface area contributed by atoms with Crippen molar-refractivity contribution >= 4 is 15.9 Å². The highest BCUT2D eigenvalue weighted by Gasteiger charge is 2.06. The van der Waals surface area contributed by atoms with Crippen molar-refractivity contribution in [2.75, 3.05) is 13.2 Å². The van der Waals surface area contributed by atoms with Crippen LogP contribution in [0.2, 0.25) is 0 Å². The van der Waals surface area contributed by atoms with Crippen molar-refractivity contribution in [1.29, 1.82) is 0 Å². The van der Waals surface area contributed by atoms with Crippen LogP contribution in [0.3, 0.4) is 0 Å². The lowest BCUT2D eigenvalue weighted by molar-refractivity contribution is 0.268. The monoisotopic (exact) mass is 229 g/mol. The van der Waals surface area contributed by atoms with Crippen LogP contribution in [0.15, 0.2) is 28.7 Å². The Balaban J connectivity index is 2.80. The molecule has 66 valence electrons. The normalized spacial score (nSPS) is 12.9. The van der Waals surface area contributed by atoms with E-state index in [2.05, 4.69) is 15.9 Å². The van der Waals surface area contributed by atoms with E-state index in [-0.39, 0.29) is 12.5 Å². The fourth-order valence-electron chi connectivity index (χ4n) is 1.05. The van der Waals surface area contributed by atoms with Crippen LogP contribution in [0.4, 0.5) is 0 Å². The van der Waals surface area contributed by atoms with Gasteiger partial charge in [-0.15, -0.1) is 0 Å². The van der Waals surface area contributed by atoms with Gasteiger partial charge in [0.25, 0.3) is 0 Å². The first kappa shape index (κ1) is 9.71. The fraction of sp³-hybridized carbons (Fsp3) is 0.333. The van der Waals surface area contributed by atoms with Crippen molar-refractivity contribution < 1.29 is 5.11 Å². The number of rotatable bonds is 3. The Kier molecular flexibility index (Phi) is 3.72. The van der Waals surface area contributed by atoms with Crippen LogP contribution in [-0.4, -0.2) is 18.3 Å². The van der Waals surface area contributed by atoms with Crippen molar-refractivity contribution in [2.24, 2.45) is 5.73 Å². The second-order valence-electron chi connectivity index (χ2n) is 2.67. The standard InChI is InChI=1S/C9H12BrNO/c10-9-3-1-7(2-4-9)8(5-11)6-12/h1-4,8,12H,5-6,11H2/t8-/m1/s1. The molecule has 0 radical (unpaired) electrons. The van der Waals surface area contributed by atoms with E-state index in [9.17, 15) is 0 Å². The van der Waals surface area contributed by atoms with Gasteiger partial charge in [-0.05, 0) is 17.7 Å². The van der Waals surface area contributed by atoms with E-state index in [4.69, 9.17) is 10.8 Å². The highest BCUT2D eigenvalue weighted by atomic mass is 79.9. The summed E-state index contributed by atoms with van der Waals surface area (Å²) in [7, 11) is 0. The summed E-state index contributed by atoms with van der Waals surface area (Å²) in [5.41, 5.74) is 6.57. The molecule has 0 unspecified atom stereocenters. The van der Waals surface area contributed by atoms with Gasteiger partial charge in [0.05, 0.1) is 6.61 Å². The van der Waals surface area contributed by atoms with E-state index in [1.807, 2.05) is 24.3 Å². The van der Waals surface area contributed by atoms with Gasteiger partial charge in [-0.2, -0.15) is 0 Å². The summed E-state index contributed by atoms with van der Waals surface area (Å²) >= 11 is 3.34. The molecule has 12 heavy (non-hydrogen) atoms. The Morgan fingerprint density at radius 3 is 2.33 bits per heavy atom. The molecule has 0 aliphatic carbocycles. The average Bonchev–Trinajstić information content (AvgIpc) is 2.10. The first-order chi connectivity index (χ1) is 5.77. The molecule has 0 bridgehead atoms. The van der Waals surface area contributed by atoms with Gasteiger partial charge >= 0.3 is 0 Å².